The van der Waals surface area contributed by atoms with Gasteiger partial charge in [0.25, 0.3) is 0 Å². The van der Waals surface area contributed by atoms with E-state index in [0.717, 1.165) is 13.2 Å². The third-order valence-corrected chi connectivity index (χ3v) is 2.86. The molecule has 0 N–H and O–H groups in total. The minimum absolute atomic E-state index is 0.639. The van der Waals surface area contributed by atoms with Gasteiger partial charge in [0, 0.05) is 0 Å². The second kappa shape index (κ2) is 4.97. The smallest absolute Gasteiger partial charge is 0.0810 e. The second-order valence-electron chi connectivity index (χ2n) is 4.26. The fourth-order valence-electron chi connectivity index (χ4n) is 1.74. The van der Waals surface area contributed by atoms with Crippen LogP contribution in [0, 0.1) is 0 Å². The van der Waals surface area contributed by atoms with Crippen molar-refractivity contribution in [3.63, 3.8) is 0 Å². The molecule has 0 spiro atoms. The van der Waals surface area contributed by atoms with E-state index in [2.05, 4.69) is 0 Å². The Morgan fingerprint density at radius 2 is 1.08 bits per heavy atom. The highest BCUT2D eigenvalue weighted by atomic mass is 16.6. The van der Waals surface area contributed by atoms with Gasteiger partial charge in [0.2, 0.25) is 0 Å². The standard InChI is InChI=1S/C11H20O2/c1(2-4-6-10-8-12-10)3-5-7-11-9-13-11/h10-11H,1-9H2. The van der Waals surface area contributed by atoms with Crippen LogP contribution in [0.5, 0.6) is 0 Å². The van der Waals surface area contributed by atoms with Gasteiger partial charge in [-0.2, -0.15) is 0 Å². The second-order valence-corrected chi connectivity index (χ2v) is 4.26. The summed E-state index contributed by atoms with van der Waals surface area (Å²) < 4.78 is 10.3. The van der Waals surface area contributed by atoms with E-state index in [1.54, 1.807) is 0 Å². The summed E-state index contributed by atoms with van der Waals surface area (Å²) in [6.45, 7) is 2.05. The summed E-state index contributed by atoms with van der Waals surface area (Å²) in [7, 11) is 0. The lowest BCUT2D eigenvalue weighted by Gasteiger charge is -1.98. The third kappa shape index (κ3) is 4.63. The monoisotopic (exact) mass is 184 g/mol. The first-order chi connectivity index (χ1) is 6.45. The van der Waals surface area contributed by atoms with E-state index in [0.29, 0.717) is 12.2 Å². The van der Waals surface area contributed by atoms with Crippen molar-refractivity contribution in [1.29, 1.82) is 0 Å². The Balaban J connectivity index is 1.28. The average Bonchev–Trinajstić information content (AvgIpc) is 2.99. The van der Waals surface area contributed by atoms with Crippen LogP contribution in [0.15, 0.2) is 0 Å². The maximum atomic E-state index is 5.16. The van der Waals surface area contributed by atoms with Gasteiger partial charge in [0.1, 0.15) is 0 Å². The Morgan fingerprint density at radius 3 is 1.46 bits per heavy atom. The van der Waals surface area contributed by atoms with Crippen molar-refractivity contribution in [3.05, 3.63) is 0 Å². The van der Waals surface area contributed by atoms with Gasteiger partial charge in [-0.3, -0.25) is 0 Å². The molecule has 0 radical (unpaired) electrons. The fourth-order valence-corrected chi connectivity index (χ4v) is 1.74. The summed E-state index contributed by atoms with van der Waals surface area (Å²) >= 11 is 0. The highest BCUT2D eigenvalue weighted by molar-refractivity contribution is 4.69. The number of epoxide rings is 2. The van der Waals surface area contributed by atoms with Gasteiger partial charge < -0.3 is 9.47 Å². The molecule has 0 aromatic rings. The Morgan fingerprint density at radius 1 is 0.692 bits per heavy atom. The van der Waals surface area contributed by atoms with Gasteiger partial charge >= 0.3 is 0 Å². The van der Waals surface area contributed by atoms with E-state index in [-0.39, 0.29) is 0 Å². The molecule has 2 aliphatic heterocycles. The molecule has 2 heterocycles. The molecule has 0 bridgehead atoms. The van der Waals surface area contributed by atoms with Crippen molar-refractivity contribution in [2.24, 2.45) is 0 Å². The number of ether oxygens (including phenoxy) is 2. The first kappa shape index (κ1) is 9.47. The number of hydrogen-bond donors (Lipinski definition) is 0. The molecule has 0 aromatic carbocycles. The lowest BCUT2D eigenvalue weighted by atomic mass is 10.1. The zero-order chi connectivity index (χ0) is 8.93. The zero-order valence-electron chi connectivity index (χ0n) is 8.34. The van der Waals surface area contributed by atoms with Gasteiger partial charge in [0.05, 0.1) is 25.4 Å². The quantitative estimate of drug-likeness (QED) is 0.428. The average molecular weight is 184 g/mol. The van der Waals surface area contributed by atoms with Crippen LogP contribution < -0.4 is 0 Å². The van der Waals surface area contributed by atoms with Crippen LogP contribution in [0.1, 0.15) is 44.9 Å². The number of unbranched alkanes of at least 4 members (excludes halogenated alkanes) is 4. The molecule has 0 aliphatic carbocycles. The summed E-state index contributed by atoms with van der Waals surface area (Å²) in [5, 5.41) is 0. The first-order valence-electron chi connectivity index (χ1n) is 5.68. The molecule has 2 aliphatic rings. The fraction of sp³-hybridized carbons (Fsp3) is 1.00. The van der Waals surface area contributed by atoms with Crippen LogP contribution in [0.2, 0.25) is 0 Å². The van der Waals surface area contributed by atoms with Crippen LogP contribution in [0.25, 0.3) is 0 Å². The molecule has 2 saturated heterocycles. The summed E-state index contributed by atoms with van der Waals surface area (Å²) in [6, 6.07) is 0. The van der Waals surface area contributed by atoms with E-state index in [9.17, 15) is 0 Å². The Hall–Kier alpha value is -0.0800. The molecule has 0 aromatic heterocycles. The Bertz CT molecular complexity index is 123. The normalized spacial score (nSPS) is 30.5. The Kier molecular flexibility index (Phi) is 3.62. The molecule has 2 nitrogen and oxygen atoms in total. The summed E-state index contributed by atoms with van der Waals surface area (Å²) in [5.41, 5.74) is 0. The number of rotatable bonds is 8. The van der Waals surface area contributed by atoms with Crippen LogP contribution in [-0.2, 0) is 9.47 Å². The highest BCUT2D eigenvalue weighted by Gasteiger charge is 2.21. The maximum Gasteiger partial charge on any atom is 0.0810 e. The van der Waals surface area contributed by atoms with Crippen LogP contribution in [0.4, 0.5) is 0 Å². The molecule has 13 heavy (non-hydrogen) atoms. The minimum atomic E-state index is 0.639. The lowest BCUT2D eigenvalue weighted by molar-refractivity contribution is 0.381. The minimum Gasteiger partial charge on any atom is -0.373 e. The third-order valence-electron chi connectivity index (χ3n) is 2.86. The SMILES string of the molecule is C(CCCC1CO1)CCCC1CO1. The Labute approximate surface area is 80.6 Å². The van der Waals surface area contributed by atoms with Gasteiger partial charge in [-0.15, -0.1) is 0 Å². The molecule has 0 saturated carbocycles. The molecule has 76 valence electrons. The van der Waals surface area contributed by atoms with Crippen molar-refractivity contribution in [2.75, 3.05) is 13.2 Å². The molecule has 2 fully saturated rings. The van der Waals surface area contributed by atoms with Crippen molar-refractivity contribution in [2.45, 2.75) is 57.2 Å². The van der Waals surface area contributed by atoms with Crippen LogP contribution >= 0.6 is 0 Å². The van der Waals surface area contributed by atoms with Gasteiger partial charge in [0.15, 0.2) is 0 Å². The lowest BCUT2D eigenvalue weighted by Crippen LogP contribution is -1.87. The predicted molar refractivity (Wildman–Crippen MR) is 51.8 cm³/mol. The number of hydrogen-bond acceptors (Lipinski definition) is 2. The molecule has 2 unspecified atom stereocenters. The van der Waals surface area contributed by atoms with Gasteiger partial charge in [-0.25, -0.2) is 0 Å². The largest absolute Gasteiger partial charge is 0.373 e. The summed E-state index contributed by atoms with van der Waals surface area (Å²) in [6.07, 6.45) is 10.8. The van der Waals surface area contributed by atoms with E-state index >= 15 is 0 Å². The highest BCUT2D eigenvalue weighted by Crippen LogP contribution is 2.20. The molecule has 2 atom stereocenters. The van der Waals surface area contributed by atoms with Crippen molar-refractivity contribution in [1.82, 2.24) is 0 Å². The van der Waals surface area contributed by atoms with Crippen molar-refractivity contribution >= 4 is 0 Å². The van der Waals surface area contributed by atoms with E-state index in [1.807, 2.05) is 0 Å². The zero-order valence-corrected chi connectivity index (χ0v) is 8.34. The molecular formula is C11H20O2. The van der Waals surface area contributed by atoms with Gasteiger partial charge in [-0.05, 0) is 12.8 Å². The summed E-state index contributed by atoms with van der Waals surface area (Å²) in [5.74, 6) is 0. The first-order valence-corrected chi connectivity index (χ1v) is 5.68. The van der Waals surface area contributed by atoms with E-state index < -0.39 is 0 Å². The van der Waals surface area contributed by atoms with E-state index in [4.69, 9.17) is 9.47 Å². The van der Waals surface area contributed by atoms with Crippen LogP contribution in [-0.4, -0.2) is 25.4 Å². The van der Waals surface area contributed by atoms with E-state index in [1.165, 1.54) is 44.9 Å². The molecule has 2 heteroatoms. The van der Waals surface area contributed by atoms with Crippen LogP contribution in [0.3, 0.4) is 0 Å². The van der Waals surface area contributed by atoms with Crippen molar-refractivity contribution < 1.29 is 9.47 Å². The van der Waals surface area contributed by atoms with Gasteiger partial charge in [-0.1, -0.05) is 32.1 Å². The predicted octanol–water partition coefficient (Wildman–Crippen LogP) is 2.51. The molecule has 0 amide bonds. The molecular weight excluding hydrogens is 164 g/mol. The van der Waals surface area contributed by atoms with Crippen molar-refractivity contribution in [3.8, 4) is 0 Å². The summed E-state index contributed by atoms with van der Waals surface area (Å²) in [4.78, 5) is 0. The topological polar surface area (TPSA) is 25.1 Å². The maximum absolute atomic E-state index is 5.16. The molecule has 2 rings (SSSR count).